The number of nitrogens with zero attached hydrogens (tertiary/aromatic N) is 3. The molecule has 5 amide bonds. The molecule has 0 bridgehead atoms. The van der Waals surface area contributed by atoms with E-state index in [1.54, 1.807) is 27.2 Å². The smallest absolute Gasteiger partial charge is 0.327 e. The van der Waals surface area contributed by atoms with Crippen molar-refractivity contribution in [2.75, 3.05) is 29.9 Å². The standard InChI is InChI=1S/C24H25ClN4O3S2/c1-4-33-34-24(2)13-15-27(3)23(32)29(24)17-10-8-16(9-11-17)18-6-5-7-19(21(18)25)28-14-12-20(30)26-22(28)31/h4-11H,1,12-15H2,2-3H3,(H,26,30,31)/t24-/m1/s1. The Morgan fingerprint density at radius 3 is 2.53 bits per heavy atom. The summed E-state index contributed by atoms with van der Waals surface area (Å²) in [5.74, 6) is -0.293. The number of anilines is 2. The minimum absolute atomic E-state index is 0.0515. The van der Waals surface area contributed by atoms with Crippen molar-refractivity contribution >= 4 is 62.5 Å². The molecule has 2 aliphatic heterocycles. The molecule has 4 rings (SSSR count). The molecule has 1 N–H and O–H groups in total. The number of hydrogen-bond acceptors (Lipinski definition) is 5. The molecule has 7 nitrogen and oxygen atoms in total. The molecule has 2 fully saturated rings. The molecule has 2 aromatic carbocycles. The first-order valence-electron chi connectivity index (χ1n) is 10.8. The third-order valence-corrected chi connectivity index (χ3v) is 9.11. The van der Waals surface area contributed by atoms with Crippen LogP contribution in [0.25, 0.3) is 11.1 Å². The summed E-state index contributed by atoms with van der Waals surface area (Å²) in [7, 11) is 4.95. The van der Waals surface area contributed by atoms with Crippen molar-refractivity contribution in [3.8, 4) is 11.1 Å². The topological polar surface area (TPSA) is 73.0 Å². The number of benzene rings is 2. The monoisotopic (exact) mass is 516 g/mol. The number of amides is 5. The van der Waals surface area contributed by atoms with Crippen molar-refractivity contribution in [3.63, 3.8) is 0 Å². The van der Waals surface area contributed by atoms with Crippen molar-refractivity contribution in [2.24, 2.45) is 0 Å². The van der Waals surface area contributed by atoms with Crippen LogP contribution in [0.5, 0.6) is 0 Å². The second-order valence-corrected chi connectivity index (χ2v) is 11.3. The van der Waals surface area contributed by atoms with Crippen molar-refractivity contribution in [1.82, 2.24) is 10.2 Å². The summed E-state index contributed by atoms with van der Waals surface area (Å²) < 4.78 is 0. The molecular formula is C24H25ClN4O3S2. The van der Waals surface area contributed by atoms with Gasteiger partial charge < -0.3 is 4.90 Å². The second-order valence-electron chi connectivity index (χ2n) is 8.25. The van der Waals surface area contributed by atoms with Gasteiger partial charge in [-0.15, -0.1) is 0 Å². The van der Waals surface area contributed by atoms with E-state index in [1.807, 2.05) is 48.3 Å². The lowest BCUT2D eigenvalue weighted by Crippen LogP contribution is -2.58. The van der Waals surface area contributed by atoms with E-state index in [4.69, 9.17) is 11.6 Å². The average Bonchev–Trinajstić information content (AvgIpc) is 2.82. The first kappa shape index (κ1) is 24.5. The van der Waals surface area contributed by atoms with Crippen LogP contribution in [0.4, 0.5) is 21.0 Å². The molecule has 2 saturated heterocycles. The Kier molecular flexibility index (Phi) is 7.16. The third-order valence-electron chi connectivity index (χ3n) is 5.96. The fourth-order valence-corrected chi connectivity index (χ4v) is 6.44. The van der Waals surface area contributed by atoms with Gasteiger partial charge in [-0.25, -0.2) is 9.59 Å². The van der Waals surface area contributed by atoms with E-state index in [0.29, 0.717) is 17.3 Å². The Bertz CT molecular complexity index is 1140. The van der Waals surface area contributed by atoms with E-state index >= 15 is 0 Å². The molecule has 34 heavy (non-hydrogen) atoms. The highest BCUT2D eigenvalue weighted by atomic mass is 35.5. The van der Waals surface area contributed by atoms with E-state index in [9.17, 15) is 14.4 Å². The van der Waals surface area contributed by atoms with Crippen molar-refractivity contribution in [2.45, 2.75) is 24.6 Å². The van der Waals surface area contributed by atoms with Gasteiger partial charge in [-0.2, -0.15) is 0 Å². The van der Waals surface area contributed by atoms with Gasteiger partial charge in [-0.3, -0.25) is 19.9 Å². The normalized spacial score (nSPS) is 21.0. The number of urea groups is 2. The second kappa shape index (κ2) is 9.93. The number of halogens is 1. The number of rotatable bonds is 6. The number of hydrogen-bond donors (Lipinski definition) is 1. The zero-order chi connectivity index (χ0) is 24.5. The van der Waals surface area contributed by atoms with Gasteiger partial charge in [0.1, 0.15) is 4.87 Å². The lowest BCUT2D eigenvalue weighted by molar-refractivity contribution is -0.120. The highest BCUT2D eigenvalue weighted by Crippen LogP contribution is 2.46. The van der Waals surface area contributed by atoms with Gasteiger partial charge in [0, 0.05) is 37.8 Å². The third kappa shape index (κ3) is 4.64. The van der Waals surface area contributed by atoms with Crippen LogP contribution in [-0.2, 0) is 4.79 Å². The van der Waals surface area contributed by atoms with Gasteiger partial charge in [0.25, 0.3) is 0 Å². The number of carbonyl (C=O) groups is 3. The van der Waals surface area contributed by atoms with E-state index in [0.717, 1.165) is 23.2 Å². The highest BCUT2D eigenvalue weighted by Gasteiger charge is 2.42. The van der Waals surface area contributed by atoms with Crippen LogP contribution < -0.4 is 15.1 Å². The Morgan fingerprint density at radius 2 is 1.85 bits per heavy atom. The lowest BCUT2D eigenvalue weighted by Gasteiger charge is -2.46. The van der Waals surface area contributed by atoms with E-state index in [1.165, 1.54) is 15.7 Å². The first-order valence-corrected chi connectivity index (χ1v) is 13.4. The zero-order valence-electron chi connectivity index (χ0n) is 18.9. The Morgan fingerprint density at radius 1 is 1.12 bits per heavy atom. The minimum Gasteiger partial charge on any atom is -0.327 e. The molecule has 2 heterocycles. The molecule has 0 spiro atoms. The molecule has 1 atom stereocenters. The van der Waals surface area contributed by atoms with Crippen LogP contribution in [0, 0.1) is 0 Å². The predicted octanol–water partition coefficient (Wildman–Crippen LogP) is 5.96. The predicted molar refractivity (Wildman–Crippen MR) is 141 cm³/mol. The maximum absolute atomic E-state index is 13.1. The highest BCUT2D eigenvalue weighted by molar-refractivity contribution is 8.78. The van der Waals surface area contributed by atoms with Crippen LogP contribution in [0.15, 0.2) is 54.5 Å². The average molecular weight is 517 g/mol. The zero-order valence-corrected chi connectivity index (χ0v) is 21.3. The fourth-order valence-electron chi connectivity index (χ4n) is 4.09. The number of nitrogens with one attached hydrogen (secondary N) is 1. The molecule has 178 valence electrons. The number of carbonyl (C=O) groups excluding carboxylic acids is 3. The summed E-state index contributed by atoms with van der Waals surface area (Å²) in [5, 5.41) is 4.52. The lowest BCUT2D eigenvalue weighted by atomic mass is 10.0. The van der Waals surface area contributed by atoms with Crippen LogP contribution in [0.3, 0.4) is 0 Å². The van der Waals surface area contributed by atoms with E-state index in [2.05, 4.69) is 18.8 Å². The van der Waals surface area contributed by atoms with Gasteiger partial charge in [0.15, 0.2) is 0 Å². The molecule has 0 aliphatic carbocycles. The van der Waals surface area contributed by atoms with Crippen LogP contribution in [0.1, 0.15) is 19.8 Å². The molecule has 10 heteroatoms. The maximum atomic E-state index is 13.1. The summed E-state index contributed by atoms with van der Waals surface area (Å²) in [5.41, 5.74) is 2.96. The molecule has 2 aromatic rings. The van der Waals surface area contributed by atoms with E-state index < -0.39 is 10.9 Å². The van der Waals surface area contributed by atoms with Gasteiger partial charge in [-0.1, -0.05) is 64.0 Å². The molecule has 0 radical (unpaired) electrons. The number of imide groups is 1. The summed E-state index contributed by atoms with van der Waals surface area (Å²) in [6, 6.07) is 12.6. The van der Waals surface area contributed by atoms with Crippen molar-refractivity contribution < 1.29 is 14.4 Å². The van der Waals surface area contributed by atoms with Gasteiger partial charge in [0.2, 0.25) is 5.91 Å². The molecule has 0 unspecified atom stereocenters. The van der Waals surface area contributed by atoms with Crippen LogP contribution in [-0.4, -0.2) is 47.9 Å². The summed E-state index contributed by atoms with van der Waals surface area (Å²) in [4.78, 5) is 41.5. The Labute approximate surface area is 211 Å². The van der Waals surface area contributed by atoms with Gasteiger partial charge in [-0.05, 0) is 42.5 Å². The maximum Gasteiger partial charge on any atom is 0.328 e. The minimum atomic E-state index is -0.479. The Hall–Kier alpha value is -2.62. The molecular weight excluding hydrogens is 492 g/mol. The summed E-state index contributed by atoms with van der Waals surface area (Å²) in [6.07, 6.45) is 1.04. The summed E-state index contributed by atoms with van der Waals surface area (Å²) >= 11 is 6.72. The summed E-state index contributed by atoms with van der Waals surface area (Å²) in [6.45, 7) is 6.81. The van der Waals surface area contributed by atoms with Gasteiger partial charge in [0.05, 0.1) is 10.7 Å². The van der Waals surface area contributed by atoms with Gasteiger partial charge >= 0.3 is 12.1 Å². The van der Waals surface area contributed by atoms with Crippen molar-refractivity contribution in [1.29, 1.82) is 0 Å². The Balaban J connectivity index is 1.65. The van der Waals surface area contributed by atoms with Crippen LogP contribution >= 0.6 is 33.2 Å². The largest absolute Gasteiger partial charge is 0.328 e. The molecule has 0 saturated carbocycles. The quantitative estimate of drug-likeness (QED) is 0.480. The first-order chi connectivity index (χ1) is 16.2. The molecule has 2 aliphatic rings. The van der Waals surface area contributed by atoms with Crippen LogP contribution in [0.2, 0.25) is 5.02 Å². The fraction of sp³-hybridized carbons (Fsp3) is 0.292. The molecule has 0 aromatic heterocycles. The van der Waals surface area contributed by atoms with Crippen molar-refractivity contribution in [3.05, 3.63) is 59.5 Å². The SMILES string of the molecule is C=CSS[C@]1(C)CCN(C)C(=O)N1c1ccc(-c2cccc(N3CCC(=O)NC3=O)c2Cl)cc1. The van der Waals surface area contributed by atoms with E-state index in [-0.39, 0.29) is 24.9 Å².